The van der Waals surface area contributed by atoms with E-state index in [9.17, 15) is 4.79 Å². The van der Waals surface area contributed by atoms with Gasteiger partial charge < -0.3 is 20.3 Å². The molecular weight excluding hydrogens is 302 g/mol. The number of hydrogen-bond acceptors (Lipinski definition) is 3. The highest BCUT2D eigenvalue weighted by Gasteiger charge is 2.21. The molecule has 1 aliphatic heterocycles. The molecule has 1 heterocycles. The third kappa shape index (κ3) is 5.80. The summed E-state index contributed by atoms with van der Waals surface area (Å²) in [7, 11) is 1.68. The zero-order valence-corrected chi connectivity index (χ0v) is 15.2. The van der Waals surface area contributed by atoms with Gasteiger partial charge in [-0.2, -0.15) is 0 Å². The number of nitrogens with zero attached hydrogens (tertiary/aromatic N) is 1. The first-order chi connectivity index (χ1) is 11.6. The second-order valence-corrected chi connectivity index (χ2v) is 6.86. The van der Waals surface area contributed by atoms with Gasteiger partial charge in [-0.15, -0.1) is 0 Å². The van der Waals surface area contributed by atoms with Crippen molar-refractivity contribution in [2.24, 2.45) is 5.92 Å². The molecule has 0 bridgehead atoms. The van der Waals surface area contributed by atoms with Gasteiger partial charge in [0.2, 0.25) is 0 Å². The highest BCUT2D eigenvalue weighted by Crippen LogP contribution is 2.17. The SMILES string of the molecule is COCc1ccccc1CNC(=O)NC[C@H]1CCCN(C(C)C)C1. The van der Waals surface area contributed by atoms with Crippen molar-refractivity contribution in [3.63, 3.8) is 0 Å². The van der Waals surface area contributed by atoms with Gasteiger partial charge in [-0.3, -0.25) is 0 Å². The molecule has 0 radical (unpaired) electrons. The molecule has 1 atom stereocenters. The van der Waals surface area contributed by atoms with Crippen molar-refractivity contribution in [2.45, 2.75) is 45.9 Å². The van der Waals surface area contributed by atoms with Gasteiger partial charge in [0, 0.05) is 32.8 Å². The van der Waals surface area contributed by atoms with E-state index in [1.54, 1.807) is 7.11 Å². The predicted octanol–water partition coefficient (Wildman–Crippen LogP) is 2.75. The topological polar surface area (TPSA) is 53.6 Å². The molecule has 5 heteroatoms. The molecule has 1 saturated heterocycles. The molecular formula is C19H31N3O2. The van der Waals surface area contributed by atoms with Crippen LogP contribution in [-0.2, 0) is 17.9 Å². The molecule has 0 saturated carbocycles. The van der Waals surface area contributed by atoms with Crippen LogP contribution in [0.1, 0.15) is 37.8 Å². The molecule has 134 valence electrons. The predicted molar refractivity (Wildman–Crippen MR) is 96.8 cm³/mol. The number of amides is 2. The van der Waals surface area contributed by atoms with E-state index in [-0.39, 0.29) is 6.03 Å². The minimum atomic E-state index is -0.0936. The van der Waals surface area contributed by atoms with E-state index in [1.807, 2.05) is 24.3 Å². The summed E-state index contributed by atoms with van der Waals surface area (Å²) >= 11 is 0. The molecule has 2 rings (SSSR count). The van der Waals surface area contributed by atoms with Gasteiger partial charge in [-0.1, -0.05) is 24.3 Å². The lowest BCUT2D eigenvalue weighted by Crippen LogP contribution is -2.45. The van der Waals surface area contributed by atoms with Gasteiger partial charge in [-0.25, -0.2) is 4.79 Å². The monoisotopic (exact) mass is 333 g/mol. The van der Waals surface area contributed by atoms with Crippen molar-refractivity contribution >= 4 is 6.03 Å². The standard InChI is InChI=1S/C19H31N3O2/c1-15(2)22-10-6-7-16(13-22)11-20-19(23)21-12-17-8-4-5-9-18(17)14-24-3/h4-5,8-9,15-16H,6-7,10-14H2,1-3H3,(H2,20,21,23)/t16-/m1/s1. The van der Waals surface area contributed by atoms with Crippen LogP contribution in [0.3, 0.4) is 0 Å². The van der Waals surface area contributed by atoms with Crippen molar-refractivity contribution in [3.05, 3.63) is 35.4 Å². The van der Waals surface area contributed by atoms with Gasteiger partial charge in [0.15, 0.2) is 0 Å². The lowest BCUT2D eigenvalue weighted by molar-refractivity contribution is 0.139. The maximum absolute atomic E-state index is 12.1. The van der Waals surface area contributed by atoms with Crippen molar-refractivity contribution < 1.29 is 9.53 Å². The number of ether oxygens (including phenoxy) is 1. The molecule has 2 N–H and O–H groups in total. The molecule has 0 aromatic heterocycles. The van der Waals surface area contributed by atoms with Crippen LogP contribution in [0.5, 0.6) is 0 Å². The Kier molecular flexibility index (Phi) is 7.53. The van der Waals surface area contributed by atoms with Crippen LogP contribution < -0.4 is 10.6 Å². The number of carbonyl (C=O) groups excluding carboxylic acids is 1. The third-order valence-electron chi connectivity index (χ3n) is 4.69. The maximum Gasteiger partial charge on any atom is 0.315 e. The number of carbonyl (C=O) groups is 1. The van der Waals surface area contributed by atoms with Gasteiger partial charge in [0.25, 0.3) is 0 Å². The Bertz CT molecular complexity index is 519. The number of nitrogens with one attached hydrogen (secondary N) is 2. The Balaban J connectivity index is 1.74. The molecule has 0 unspecified atom stereocenters. The van der Waals surface area contributed by atoms with Crippen molar-refractivity contribution in [2.75, 3.05) is 26.7 Å². The summed E-state index contributed by atoms with van der Waals surface area (Å²) in [5.41, 5.74) is 2.21. The highest BCUT2D eigenvalue weighted by molar-refractivity contribution is 5.73. The normalized spacial score (nSPS) is 18.6. The third-order valence-corrected chi connectivity index (χ3v) is 4.69. The van der Waals surface area contributed by atoms with E-state index < -0.39 is 0 Å². The summed E-state index contributed by atoms with van der Waals surface area (Å²) < 4.78 is 5.20. The molecule has 0 aliphatic carbocycles. The number of methoxy groups -OCH3 is 1. The van der Waals surface area contributed by atoms with Crippen molar-refractivity contribution in [1.29, 1.82) is 0 Å². The number of benzene rings is 1. The minimum absolute atomic E-state index is 0.0936. The van der Waals surface area contributed by atoms with E-state index in [1.165, 1.54) is 19.4 Å². The Morgan fingerprint density at radius 2 is 2.04 bits per heavy atom. The van der Waals surface area contributed by atoms with Crippen molar-refractivity contribution in [1.82, 2.24) is 15.5 Å². The van der Waals surface area contributed by atoms with Gasteiger partial charge in [0.05, 0.1) is 6.61 Å². The Morgan fingerprint density at radius 1 is 1.29 bits per heavy atom. The summed E-state index contributed by atoms with van der Waals surface area (Å²) in [5.74, 6) is 0.549. The molecule has 1 aromatic rings. The molecule has 1 aromatic carbocycles. The summed E-state index contributed by atoms with van der Waals surface area (Å²) in [6.45, 7) is 8.56. The van der Waals surface area contributed by atoms with E-state index in [4.69, 9.17) is 4.74 Å². The lowest BCUT2D eigenvalue weighted by atomic mass is 9.97. The summed E-state index contributed by atoms with van der Waals surface area (Å²) in [6, 6.07) is 8.51. The summed E-state index contributed by atoms with van der Waals surface area (Å²) in [4.78, 5) is 14.6. The minimum Gasteiger partial charge on any atom is -0.380 e. The number of rotatable bonds is 7. The molecule has 1 aliphatic rings. The number of hydrogen-bond donors (Lipinski definition) is 2. The molecule has 2 amide bonds. The van der Waals surface area contributed by atoms with Gasteiger partial charge in [-0.05, 0) is 50.3 Å². The van der Waals surface area contributed by atoms with E-state index >= 15 is 0 Å². The van der Waals surface area contributed by atoms with Crippen LogP contribution in [0.4, 0.5) is 4.79 Å². The molecule has 1 fully saturated rings. The Labute approximate surface area is 145 Å². The lowest BCUT2D eigenvalue weighted by Gasteiger charge is -2.35. The first-order valence-corrected chi connectivity index (χ1v) is 8.91. The van der Waals surface area contributed by atoms with Crippen molar-refractivity contribution in [3.8, 4) is 0 Å². The number of urea groups is 1. The fourth-order valence-corrected chi connectivity index (χ4v) is 3.23. The Hall–Kier alpha value is -1.59. The average molecular weight is 333 g/mol. The van der Waals surface area contributed by atoms with Crippen LogP contribution in [0.2, 0.25) is 0 Å². The summed E-state index contributed by atoms with van der Waals surface area (Å²) in [6.07, 6.45) is 2.41. The largest absolute Gasteiger partial charge is 0.380 e. The van der Waals surface area contributed by atoms with E-state index in [0.717, 1.165) is 24.2 Å². The zero-order chi connectivity index (χ0) is 17.4. The number of piperidine rings is 1. The second-order valence-electron chi connectivity index (χ2n) is 6.86. The quantitative estimate of drug-likeness (QED) is 0.807. The smallest absolute Gasteiger partial charge is 0.315 e. The maximum atomic E-state index is 12.1. The first kappa shape index (κ1) is 18.7. The fraction of sp³-hybridized carbons (Fsp3) is 0.632. The summed E-state index contributed by atoms with van der Waals surface area (Å²) in [5, 5.41) is 5.98. The highest BCUT2D eigenvalue weighted by atomic mass is 16.5. The second kappa shape index (κ2) is 9.64. The average Bonchev–Trinajstić information content (AvgIpc) is 2.59. The fourth-order valence-electron chi connectivity index (χ4n) is 3.23. The van der Waals surface area contributed by atoms with Crippen LogP contribution >= 0.6 is 0 Å². The van der Waals surface area contributed by atoms with Crippen LogP contribution in [-0.4, -0.2) is 43.7 Å². The van der Waals surface area contributed by atoms with Gasteiger partial charge >= 0.3 is 6.03 Å². The van der Waals surface area contributed by atoms with Crippen LogP contribution in [0.25, 0.3) is 0 Å². The van der Waals surface area contributed by atoms with E-state index in [2.05, 4.69) is 29.4 Å². The molecule has 24 heavy (non-hydrogen) atoms. The van der Waals surface area contributed by atoms with Crippen LogP contribution in [0, 0.1) is 5.92 Å². The Morgan fingerprint density at radius 3 is 2.75 bits per heavy atom. The van der Waals surface area contributed by atoms with Crippen LogP contribution in [0.15, 0.2) is 24.3 Å². The first-order valence-electron chi connectivity index (χ1n) is 8.91. The van der Waals surface area contributed by atoms with E-state index in [0.29, 0.717) is 25.1 Å². The zero-order valence-electron chi connectivity index (χ0n) is 15.2. The molecule has 5 nitrogen and oxygen atoms in total. The molecule has 0 spiro atoms. The van der Waals surface area contributed by atoms with Gasteiger partial charge in [0.1, 0.15) is 0 Å². The number of likely N-dealkylation sites (tertiary alicyclic amines) is 1.